The quantitative estimate of drug-likeness (QED) is 0.473. The predicted molar refractivity (Wildman–Crippen MR) is 42.2 cm³/mol. The summed E-state index contributed by atoms with van der Waals surface area (Å²) >= 11 is 0. The van der Waals surface area contributed by atoms with Crippen LogP contribution in [0.25, 0.3) is 0 Å². The van der Waals surface area contributed by atoms with E-state index < -0.39 is 5.60 Å². The molecular weight excluding hydrogens is 127 g/mol. The van der Waals surface area contributed by atoms with Crippen molar-refractivity contribution < 1.29 is 9.84 Å². The maximum Gasteiger partial charge on any atom is 0.166 e. The van der Waals surface area contributed by atoms with Crippen LogP contribution in [0.2, 0.25) is 0 Å². The Morgan fingerprint density at radius 1 is 1.80 bits per heavy atom. The van der Waals surface area contributed by atoms with Crippen molar-refractivity contribution in [3.63, 3.8) is 0 Å². The summed E-state index contributed by atoms with van der Waals surface area (Å²) in [4.78, 5) is 0. The Morgan fingerprint density at radius 3 is 2.40 bits per heavy atom. The maximum absolute atomic E-state index is 8.71. The molecule has 2 nitrogen and oxygen atoms in total. The first-order chi connectivity index (χ1) is 4.54. The summed E-state index contributed by atoms with van der Waals surface area (Å²) in [6, 6.07) is 0. The second kappa shape index (κ2) is 3.66. The summed E-state index contributed by atoms with van der Waals surface area (Å²) in [5, 5.41) is 8.71. The third-order valence-electron chi connectivity index (χ3n) is 1.62. The zero-order valence-corrected chi connectivity index (χ0v) is 6.72. The Labute approximate surface area is 63.3 Å². The number of aliphatic hydroxyl groups excluding tert-OH is 1. The van der Waals surface area contributed by atoms with E-state index in [0.717, 1.165) is 6.42 Å². The molecule has 0 unspecified atom stereocenters. The minimum Gasteiger partial charge on any atom is -0.524 e. The van der Waals surface area contributed by atoms with Crippen molar-refractivity contribution in [3.8, 4) is 0 Å². The van der Waals surface area contributed by atoms with Crippen molar-refractivity contribution in [1.82, 2.24) is 0 Å². The van der Waals surface area contributed by atoms with Gasteiger partial charge < -0.3 is 9.84 Å². The molecule has 0 amide bonds. The molecule has 1 N–H and O–H groups in total. The van der Waals surface area contributed by atoms with E-state index >= 15 is 0 Å². The number of aliphatic hydroxyl groups is 1. The van der Waals surface area contributed by atoms with Gasteiger partial charge in [-0.2, -0.15) is 0 Å². The molecule has 0 aliphatic rings. The van der Waals surface area contributed by atoms with Gasteiger partial charge in [0.2, 0.25) is 0 Å². The molecule has 10 heavy (non-hydrogen) atoms. The molecule has 56 valence electrons. The van der Waals surface area contributed by atoms with Crippen LogP contribution in [0.15, 0.2) is 11.7 Å². The minimum atomic E-state index is -0.432. The highest BCUT2D eigenvalue weighted by molar-refractivity contribution is 6.19. The van der Waals surface area contributed by atoms with Gasteiger partial charge in [0.15, 0.2) is 7.85 Å². The maximum atomic E-state index is 8.71. The molecule has 2 radical (unpaired) electrons. The van der Waals surface area contributed by atoms with Crippen molar-refractivity contribution in [1.29, 1.82) is 0 Å². The number of hydrogen-bond acceptors (Lipinski definition) is 2. The van der Waals surface area contributed by atoms with E-state index in [1.54, 1.807) is 7.11 Å². The largest absolute Gasteiger partial charge is 0.524 e. The molecule has 0 spiro atoms. The first-order valence-electron chi connectivity index (χ1n) is 3.26. The van der Waals surface area contributed by atoms with E-state index in [1.807, 2.05) is 13.8 Å². The highest BCUT2D eigenvalue weighted by atomic mass is 16.5. The summed E-state index contributed by atoms with van der Waals surface area (Å²) < 4.78 is 5.08. The topological polar surface area (TPSA) is 29.5 Å². The molecule has 0 aliphatic carbocycles. The lowest BCUT2D eigenvalue weighted by Crippen LogP contribution is -2.23. The average Bonchev–Trinajstić information content (AvgIpc) is 1.87. The monoisotopic (exact) mass is 140 g/mol. The molecule has 0 saturated heterocycles. The zero-order chi connectivity index (χ0) is 8.20. The fourth-order valence-electron chi connectivity index (χ4n) is 0.618. The molecule has 0 aromatic rings. The number of ether oxygens (including phenoxy) is 1. The van der Waals surface area contributed by atoms with Gasteiger partial charge in [0, 0.05) is 12.8 Å². The predicted octanol–water partition coefficient (Wildman–Crippen LogP) is 1.37. The molecular formula is C7H13BO2. The van der Waals surface area contributed by atoms with Crippen LogP contribution in [0.3, 0.4) is 0 Å². The third kappa shape index (κ3) is 2.92. The van der Waals surface area contributed by atoms with E-state index in [-0.39, 0.29) is 5.66 Å². The lowest BCUT2D eigenvalue weighted by atomic mass is 9.96. The molecule has 0 fully saturated rings. The fourth-order valence-corrected chi connectivity index (χ4v) is 0.618. The Bertz CT molecular complexity index is 124. The van der Waals surface area contributed by atoms with Gasteiger partial charge in [0.25, 0.3) is 0 Å². The molecule has 0 saturated carbocycles. The normalized spacial score (nSPS) is 18.5. The molecule has 3 heteroatoms. The van der Waals surface area contributed by atoms with Gasteiger partial charge in [-0.25, -0.2) is 0 Å². The van der Waals surface area contributed by atoms with E-state index in [4.69, 9.17) is 17.7 Å². The summed E-state index contributed by atoms with van der Waals surface area (Å²) in [6.07, 6.45) is 2.28. The number of methoxy groups -OCH3 is 1. The van der Waals surface area contributed by atoms with Crippen LogP contribution in [0, 0.1) is 0 Å². The van der Waals surface area contributed by atoms with Gasteiger partial charge in [-0.3, -0.25) is 0 Å². The first kappa shape index (κ1) is 9.56. The van der Waals surface area contributed by atoms with E-state index in [1.165, 1.54) is 6.08 Å². The summed E-state index contributed by atoms with van der Waals surface area (Å²) in [5.41, 5.74) is -0.620. The second-order valence-corrected chi connectivity index (χ2v) is 2.44. The molecule has 0 bridgehead atoms. The average molecular weight is 140 g/mol. The minimum absolute atomic E-state index is 0.189. The lowest BCUT2D eigenvalue weighted by molar-refractivity contribution is 0.0436. The molecule has 0 heterocycles. The van der Waals surface area contributed by atoms with Gasteiger partial charge in [-0.05, 0) is 19.4 Å². The fraction of sp³-hybridized carbons (Fsp3) is 0.714. The number of rotatable bonds is 3. The molecule has 0 rings (SSSR count). The summed E-state index contributed by atoms with van der Waals surface area (Å²) in [6.45, 7) is 3.82. The van der Waals surface area contributed by atoms with Crippen LogP contribution in [-0.2, 0) is 4.74 Å². The van der Waals surface area contributed by atoms with E-state index in [9.17, 15) is 0 Å². The van der Waals surface area contributed by atoms with Gasteiger partial charge in [0.1, 0.15) is 0 Å². The lowest BCUT2D eigenvalue weighted by Gasteiger charge is -2.22. The van der Waals surface area contributed by atoms with Gasteiger partial charge in [0.05, 0.1) is 5.60 Å². The molecule has 1 atom stereocenters. The SMILES string of the molecule is [B]/C(O)=C\[C@](C)(CC)OC. The van der Waals surface area contributed by atoms with Crippen LogP contribution in [0.5, 0.6) is 0 Å². The van der Waals surface area contributed by atoms with Crippen molar-refractivity contribution in [2.75, 3.05) is 7.11 Å². The van der Waals surface area contributed by atoms with E-state index in [0.29, 0.717) is 0 Å². The van der Waals surface area contributed by atoms with Crippen LogP contribution >= 0.6 is 0 Å². The van der Waals surface area contributed by atoms with Crippen LogP contribution in [0.4, 0.5) is 0 Å². The van der Waals surface area contributed by atoms with Gasteiger partial charge in [-0.15, -0.1) is 0 Å². The Kier molecular flexibility index (Phi) is 3.51. The van der Waals surface area contributed by atoms with E-state index in [2.05, 4.69) is 0 Å². The van der Waals surface area contributed by atoms with Gasteiger partial charge >= 0.3 is 0 Å². The van der Waals surface area contributed by atoms with Crippen LogP contribution in [-0.4, -0.2) is 25.7 Å². The third-order valence-corrected chi connectivity index (χ3v) is 1.62. The standard InChI is InChI=1S/C7H13BO2/c1-4-7(2,10-3)5-6(8)9/h5,9H,4H2,1-3H3/b6-5+/t7-/m0/s1. The molecule has 0 aromatic heterocycles. The zero-order valence-electron chi connectivity index (χ0n) is 6.72. The smallest absolute Gasteiger partial charge is 0.166 e. The Hall–Kier alpha value is -0.435. The molecule has 0 aliphatic heterocycles. The molecule has 0 aromatic carbocycles. The van der Waals surface area contributed by atoms with Gasteiger partial charge in [-0.1, -0.05) is 6.92 Å². The van der Waals surface area contributed by atoms with Crippen LogP contribution in [0.1, 0.15) is 20.3 Å². The second-order valence-electron chi connectivity index (χ2n) is 2.44. The van der Waals surface area contributed by atoms with Crippen molar-refractivity contribution >= 4 is 7.85 Å². The first-order valence-corrected chi connectivity index (χ1v) is 3.26. The Morgan fingerprint density at radius 2 is 2.30 bits per heavy atom. The summed E-state index contributed by atoms with van der Waals surface area (Å²) in [7, 11) is 6.65. The summed E-state index contributed by atoms with van der Waals surface area (Å²) in [5.74, 6) is 0. The van der Waals surface area contributed by atoms with Crippen molar-refractivity contribution in [2.24, 2.45) is 0 Å². The highest BCUT2D eigenvalue weighted by Crippen LogP contribution is 2.15. The number of hydrogen-bond donors (Lipinski definition) is 1. The van der Waals surface area contributed by atoms with Crippen molar-refractivity contribution in [3.05, 3.63) is 11.7 Å². The van der Waals surface area contributed by atoms with Crippen LogP contribution < -0.4 is 0 Å². The highest BCUT2D eigenvalue weighted by Gasteiger charge is 2.17. The Balaban J connectivity index is 4.20. The van der Waals surface area contributed by atoms with Crippen molar-refractivity contribution in [2.45, 2.75) is 25.9 Å².